The molecule has 1 fully saturated rings. The maximum absolute atomic E-state index is 4.34. The lowest BCUT2D eigenvalue weighted by Crippen LogP contribution is -2.35. The second-order valence-corrected chi connectivity index (χ2v) is 8.16. The van der Waals surface area contributed by atoms with Gasteiger partial charge in [-0.2, -0.15) is 0 Å². The SMILES string of the molecule is CC.CCn1cc(CN2CCN(Cc3cn(C)nn3)CCN(Cc3cn(C)nn3)CC2)nn1. The van der Waals surface area contributed by atoms with E-state index in [-0.39, 0.29) is 0 Å². The predicted molar refractivity (Wildman–Crippen MR) is 125 cm³/mol. The summed E-state index contributed by atoms with van der Waals surface area (Å²) in [6.07, 6.45) is 6.02. The number of hydrogen-bond donors (Lipinski definition) is 0. The molecule has 0 unspecified atom stereocenters. The maximum atomic E-state index is 4.34. The summed E-state index contributed by atoms with van der Waals surface area (Å²) in [5.41, 5.74) is 3.02. The van der Waals surface area contributed by atoms with Crippen LogP contribution >= 0.6 is 0 Å². The predicted octanol–water partition coefficient (Wildman–Crippen LogP) is 0.401. The topological polar surface area (TPSA) is 102 Å². The van der Waals surface area contributed by atoms with E-state index >= 15 is 0 Å². The van der Waals surface area contributed by atoms with Crippen molar-refractivity contribution in [1.29, 1.82) is 0 Å². The molecule has 1 saturated heterocycles. The van der Waals surface area contributed by atoms with E-state index in [1.807, 2.05) is 51.2 Å². The van der Waals surface area contributed by atoms with Crippen LogP contribution in [-0.4, -0.2) is 98.9 Å². The number of nitrogens with zero attached hydrogens (tertiary/aromatic N) is 12. The van der Waals surface area contributed by atoms with E-state index < -0.39 is 0 Å². The van der Waals surface area contributed by atoms with E-state index in [0.717, 1.165) is 82.5 Å². The first kappa shape index (κ1) is 24.9. The second kappa shape index (κ2) is 12.5. The minimum Gasteiger partial charge on any atom is -0.295 e. The Morgan fingerprint density at radius 3 is 1.27 bits per heavy atom. The van der Waals surface area contributed by atoms with Crippen molar-refractivity contribution in [2.45, 2.75) is 47.0 Å². The van der Waals surface area contributed by atoms with Gasteiger partial charge in [-0.05, 0) is 6.92 Å². The molecule has 33 heavy (non-hydrogen) atoms. The summed E-state index contributed by atoms with van der Waals surface area (Å²) in [4.78, 5) is 7.37. The molecule has 0 saturated carbocycles. The van der Waals surface area contributed by atoms with Crippen molar-refractivity contribution < 1.29 is 0 Å². The van der Waals surface area contributed by atoms with Crippen LogP contribution in [0.5, 0.6) is 0 Å². The molecule has 3 aromatic rings. The van der Waals surface area contributed by atoms with Crippen LogP contribution in [0.1, 0.15) is 37.9 Å². The van der Waals surface area contributed by atoms with Gasteiger partial charge in [0, 0.05) is 98.1 Å². The van der Waals surface area contributed by atoms with Crippen molar-refractivity contribution in [3.05, 3.63) is 35.7 Å². The normalized spacial score (nSPS) is 16.6. The molecular weight excluding hydrogens is 420 g/mol. The summed E-state index contributed by atoms with van der Waals surface area (Å²) in [5, 5.41) is 25.2. The summed E-state index contributed by atoms with van der Waals surface area (Å²) in [5.74, 6) is 0. The summed E-state index contributed by atoms with van der Waals surface area (Å²) >= 11 is 0. The zero-order valence-corrected chi connectivity index (χ0v) is 20.7. The van der Waals surface area contributed by atoms with Crippen LogP contribution in [0.2, 0.25) is 0 Å². The minimum absolute atomic E-state index is 0.798. The zero-order valence-electron chi connectivity index (χ0n) is 20.7. The molecule has 4 heterocycles. The molecule has 0 N–H and O–H groups in total. The Morgan fingerprint density at radius 2 is 0.970 bits per heavy atom. The molecule has 0 atom stereocenters. The van der Waals surface area contributed by atoms with E-state index in [1.54, 1.807) is 9.36 Å². The van der Waals surface area contributed by atoms with Crippen LogP contribution in [0.25, 0.3) is 0 Å². The van der Waals surface area contributed by atoms with E-state index in [1.165, 1.54) is 0 Å². The van der Waals surface area contributed by atoms with Gasteiger partial charge in [-0.25, -0.2) is 0 Å². The zero-order chi connectivity index (χ0) is 23.6. The molecule has 4 rings (SSSR count). The highest BCUT2D eigenvalue weighted by atomic mass is 15.4. The van der Waals surface area contributed by atoms with Crippen LogP contribution in [0.3, 0.4) is 0 Å². The average molecular weight is 459 g/mol. The van der Waals surface area contributed by atoms with Crippen LogP contribution in [-0.2, 0) is 40.3 Å². The van der Waals surface area contributed by atoms with Crippen molar-refractivity contribution >= 4 is 0 Å². The largest absolute Gasteiger partial charge is 0.295 e. The quantitative estimate of drug-likeness (QED) is 0.498. The van der Waals surface area contributed by atoms with Gasteiger partial charge in [0.05, 0.1) is 17.1 Å². The Hall–Kier alpha value is -2.70. The van der Waals surface area contributed by atoms with Gasteiger partial charge in [-0.1, -0.05) is 29.5 Å². The standard InChI is InChI=1S/C19H32N12.C2H6/c1-4-31-16-19(22-25-31)15-30-9-7-28(13-17-11-26(2)23-20-17)5-6-29(8-10-30)14-18-12-27(3)24-21-18;1-2/h11-12,16H,4-10,13-15H2,1-3H3;1-2H3. The van der Waals surface area contributed by atoms with Gasteiger partial charge in [0.2, 0.25) is 0 Å². The van der Waals surface area contributed by atoms with E-state index in [9.17, 15) is 0 Å². The van der Waals surface area contributed by atoms with Crippen LogP contribution in [0.15, 0.2) is 18.6 Å². The van der Waals surface area contributed by atoms with Crippen molar-refractivity contribution in [3.63, 3.8) is 0 Å². The molecule has 0 aromatic carbocycles. The Kier molecular flexibility index (Phi) is 9.46. The fourth-order valence-electron chi connectivity index (χ4n) is 3.85. The molecule has 1 aliphatic heterocycles. The van der Waals surface area contributed by atoms with Crippen molar-refractivity contribution in [1.82, 2.24) is 59.7 Å². The molecule has 182 valence electrons. The summed E-state index contributed by atoms with van der Waals surface area (Å²) < 4.78 is 5.40. The third-order valence-corrected chi connectivity index (χ3v) is 5.56. The van der Waals surface area contributed by atoms with Gasteiger partial charge in [0.1, 0.15) is 0 Å². The van der Waals surface area contributed by atoms with Gasteiger partial charge in [0.25, 0.3) is 0 Å². The fraction of sp³-hybridized carbons (Fsp3) is 0.714. The monoisotopic (exact) mass is 458 g/mol. The molecule has 0 spiro atoms. The third kappa shape index (κ3) is 7.69. The van der Waals surface area contributed by atoms with Gasteiger partial charge < -0.3 is 0 Å². The first-order valence-corrected chi connectivity index (χ1v) is 11.8. The molecular formula is C21H38N12. The molecule has 0 aliphatic carbocycles. The molecule has 3 aromatic heterocycles. The highest BCUT2D eigenvalue weighted by Gasteiger charge is 2.19. The average Bonchev–Trinajstić information content (AvgIpc) is 3.56. The Labute approximate surface area is 196 Å². The fourth-order valence-corrected chi connectivity index (χ4v) is 3.85. The number of rotatable bonds is 7. The molecule has 0 radical (unpaired) electrons. The number of aromatic nitrogens is 9. The van der Waals surface area contributed by atoms with Crippen molar-refractivity contribution in [2.24, 2.45) is 14.1 Å². The molecule has 0 bridgehead atoms. The highest BCUT2D eigenvalue weighted by Crippen LogP contribution is 2.09. The lowest BCUT2D eigenvalue weighted by atomic mass is 10.3. The third-order valence-electron chi connectivity index (χ3n) is 5.56. The first-order chi connectivity index (χ1) is 16.1. The van der Waals surface area contributed by atoms with Gasteiger partial charge in [-0.3, -0.25) is 28.7 Å². The van der Waals surface area contributed by atoms with E-state index in [0.29, 0.717) is 0 Å². The highest BCUT2D eigenvalue weighted by molar-refractivity contribution is 4.95. The molecule has 12 heteroatoms. The van der Waals surface area contributed by atoms with Gasteiger partial charge >= 0.3 is 0 Å². The van der Waals surface area contributed by atoms with E-state index in [2.05, 4.69) is 52.6 Å². The number of aryl methyl sites for hydroxylation is 3. The summed E-state index contributed by atoms with van der Waals surface area (Å²) in [6.45, 7) is 15.1. The molecule has 12 nitrogen and oxygen atoms in total. The van der Waals surface area contributed by atoms with Gasteiger partial charge in [0.15, 0.2) is 0 Å². The minimum atomic E-state index is 0.798. The Morgan fingerprint density at radius 1 is 0.606 bits per heavy atom. The Balaban J connectivity index is 0.00000149. The summed E-state index contributed by atoms with van der Waals surface area (Å²) in [6, 6.07) is 0. The molecule has 0 amide bonds. The maximum Gasteiger partial charge on any atom is 0.0967 e. The van der Waals surface area contributed by atoms with Crippen LogP contribution in [0.4, 0.5) is 0 Å². The van der Waals surface area contributed by atoms with E-state index in [4.69, 9.17) is 0 Å². The summed E-state index contributed by atoms with van der Waals surface area (Å²) in [7, 11) is 3.81. The lowest BCUT2D eigenvalue weighted by Gasteiger charge is -2.24. The Bertz CT molecular complexity index is 890. The van der Waals surface area contributed by atoms with Crippen molar-refractivity contribution in [2.75, 3.05) is 39.3 Å². The first-order valence-electron chi connectivity index (χ1n) is 11.8. The molecule has 1 aliphatic rings. The van der Waals surface area contributed by atoms with Crippen molar-refractivity contribution in [3.8, 4) is 0 Å². The van der Waals surface area contributed by atoms with Gasteiger partial charge in [-0.15, -0.1) is 15.3 Å². The van der Waals surface area contributed by atoms with Crippen LogP contribution < -0.4 is 0 Å². The number of hydrogen-bond acceptors (Lipinski definition) is 9. The van der Waals surface area contributed by atoms with Crippen LogP contribution in [0, 0.1) is 0 Å². The second-order valence-electron chi connectivity index (χ2n) is 8.16. The lowest BCUT2D eigenvalue weighted by molar-refractivity contribution is 0.206. The smallest absolute Gasteiger partial charge is 0.0967 e.